The number of benzene rings is 2. The number of carbonyl (C=O) groups excluding carboxylic acids is 4. The monoisotopic (exact) mass is 711 g/mol. The van der Waals surface area contributed by atoms with E-state index in [1.807, 2.05) is 43.8 Å². The van der Waals surface area contributed by atoms with Gasteiger partial charge in [0.2, 0.25) is 17.7 Å². The number of nitrogens with one attached hydrogen (secondary N) is 4. The summed E-state index contributed by atoms with van der Waals surface area (Å²) in [5, 5.41) is 27.9. The summed E-state index contributed by atoms with van der Waals surface area (Å²) < 4.78 is 7.54. The van der Waals surface area contributed by atoms with Crippen molar-refractivity contribution in [1.29, 1.82) is 0 Å². The van der Waals surface area contributed by atoms with Crippen LogP contribution >= 0.6 is 11.6 Å². The molecular weight excluding hydrogens is 662 g/mol. The van der Waals surface area contributed by atoms with Crippen molar-refractivity contribution >= 4 is 46.1 Å². The molecule has 2 bridgehead atoms. The molecule has 0 spiro atoms. The minimum atomic E-state index is -1.19. The molecule has 0 unspecified atom stereocenters. The van der Waals surface area contributed by atoms with Gasteiger partial charge in [0, 0.05) is 38.6 Å². The average molecular weight is 712 g/mol. The fourth-order valence-corrected chi connectivity index (χ4v) is 6.27. The Kier molecular flexibility index (Phi) is 14.4. The summed E-state index contributed by atoms with van der Waals surface area (Å²) in [7, 11) is 1.89. The number of carbonyl (C=O) groups is 4. The summed E-state index contributed by atoms with van der Waals surface area (Å²) in [5.74, 6) is -1.20. The number of rotatable bonds is 5. The number of hydrogen-bond donors (Lipinski definition) is 5. The molecule has 1 aliphatic rings. The first-order valence-electron chi connectivity index (χ1n) is 17.3. The fourth-order valence-electron chi connectivity index (χ4n) is 6.00. The van der Waals surface area contributed by atoms with Crippen LogP contribution in [-0.4, -0.2) is 94.4 Å². The minimum absolute atomic E-state index is 0.0252. The van der Waals surface area contributed by atoms with E-state index < -0.39 is 30.0 Å². The molecular formula is C36H50ClN7O6. The van der Waals surface area contributed by atoms with Gasteiger partial charge in [0.25, 0.3) is 5.91 Å². The number of aliphatic hydroxyl groups is 1. The third-order valence-corrected chi connectivity index (χ3v) is 8.82. The van der Waals surface area contributed by atoms with E-state index >= 15 is 0 Å². The Morgan fingerprint density at radius 2 is 1.68 bits per heavy atom. The Morgan fingerprint density at radius 1 is 0.940 bits per heavy atom. The van der Waals surface area contributed by atoms with Crippen molar-refractivity contribution in [3.63, 3.8) is 0 Å². The van der Waals surface area contributed by atoms with Crippen molar-refractivity contribution in [3.05, 3.63) is 58.7 Å². The SMILES string of the molecule is CC(C)C[C@H]1NC(=O)Cc2cccc(c2)OCC(=O)NCCCN(Cc2nn(C)c3cccc(Cl)c23)CCCCNC(=O)[C@H]([C@@H](C)O)NC1=O. The fraction of sp³-hybridized carbons (Fsp3) is 0.528. The first-order valence-corrected chi connectivity index (χ1v) is 17.7. The van der Waals surface area contributed by atoms with E-state index in [1.54, 1.807) is 24.3 Å². The third-order valence-electron chi connectivity index (χ3n) is 8.50. The van der Waals surface area contributed by atoms with Gasteiger partial charge < -0.3 is 31.1 Å². The Morgan fingerprint density at radius 3 is 2.44 bits per heavy atom. The number of halogens is 1. The molecule has 0 aliphatic carbocycles. The number of aliphatic hydroxyl groups excluding tert-OH is 1. The molecule has 0 fully saturated rings. The van der Waals surface area contributed by atoms with Gasteiger partial charge in [0.05, 0.1) is 28.8 Å². The van der Waals surface area contributed by atoms with Gasteiger partial charge in [-0.2, -0.15) is 5.10 Å². The highest BCUT2D eigenvalue weighted by Crippen LogP contribution is 2.27. The average Bonchev–Trinajstić information content (AvgIpc) is 3.38. The van der Waals surface area contributed by atoms with E-state index in [2.05, 4.69) is 26.2 Å². The highest BCUT2D eigenvalue weighted by Gasteiger charge is 2.30. The van der Waals surface area contributed by atoms with E-state index in [9.17, 15) is 24.3 Å². The smallest absolute Gasteiger partial charge is 0.257 e. The summed E-state index contributed by atoms with van der Waals surface area (Å²) in [4.78, 5) is 54.4. The Labute approximate surface area is 298 Å². The predicted octanol–water partition coefficient (Wildman–Crippen LogP) is 2.46. The molecule has 0 saturated heterocycles. The van der Waals surface area contributed by atoms with Crippen molar-refractivity contribution in [2.45, 2.75) is 77.6 Å². The first kappa shape index (κ1) is 38.6. The molecule has 2 aromatic carbocycles. The van der Waals surface area contributed by atoms with E-state index in [4.69, 9.17) is 21.4 Å². The summed E-state index contributed by atoms with van der Waals surface area (Å²) in [5.41, 5.74) is 2.44. The second kappa shape index (κ2) is 18.7. The molecule has 0 saturated carbocycles. The Hall–Kier alpha value is -4.20. The maximum absolute atomic E-state index is 13.4. The molecule has 3 aromatic rings. The first-order chi connectivity index (χ1) is 23.9. The number of nitrogens with zero attached hydrogens (tertiary/aromatic N) is 3. The van der Waals surface area contributed by atoms with Gasteiger partial charge in [0.15, 0.2) is 6.61 Å². The van der Waals surface area contributed by atoms with Gasteiger partial charge in [0.1, 0.15) is 17.8 Å². The largest absolute Gasteiger partial charge is 0.484 e. The molecule has 272 valence electrons. The van der Waals surface area contributed by atoms with E-state index in [1.165, 1.54) is 6.92 Å². The van der Waals surface area contributed by atoms with Gasteiger partial charge in [-0.1, -0.05) is 43.6 Å². The van der Waals surface area contributed by atoms with Crippen molar-refractivity contribution in [3.8, 4) is 5.75 Å². The Balaban J connectivity index is 1.50. The highest BCUT2D eigenvalue weighted by molar-refractivity contribution is 6.35. The molecule has 4 rings (SSSR count). The van der Waals surface area contributed by atoms with Crippen LogP contribution in [0.3, 0.4) is 0 Å². The van der Waals surface area contributed by atoms with Crippen LogP contribution in [0.15, 0.2) is 42.5 Å². The maximum Gasteiger partial charge on any atom is 0.257 e. The van der Waals surface area contributed by atoms with Crippen molar-refractivity contribution < 1.29 is 29.0 Å². The lowest BCUT2D eigenvalue weighted by Gasteiger charge is -2.26. The Bertz CT molecular complexity index is 1630. The summed E-state index contributed by atoms with van der Waals surface area (Å²) in [6.45, 7) is 7.82. The summed E-state index contributed by atoms with van der Waals surface area (Å²) in [6.07, 6.45) is 1.22. The van der Waals surface area contributed by atoms with Gasteiger partial charge in [-0.25, -0.2) is 0 Å². The molecule has 13 nitrogen and oxygen atoms in total. The molecule has 1 aromatic heterocycles. The molecule has 1 aliphatic heterocycles. The van der Waals surface area contributed by atoms with Crippen LogP contribution < -0.4 is 26.0 Å². The normalized spacial score (nSPS) is 20.6. The van der Waals surface area contributed by atoms with E-state index in [0.717, 1.165) is 23.0 Å². The second-order valence-electron chi connectivity index (χ2n) is 13.3. The molecule has 4 amide bonds. The minimum Gasteiger partial charge on any atom is -0.484 e. The lowest BCUT2D eigenvalue weighted by molar-refractivity contribution is -0.134. The number of ether oxygens (including phenoxy) is 1. The number of aromatic nitrogens is 2. The molecule has 0 radical (unpaired) electrons. The van der Waals surface area contributed by atoms with Crippen molar-refractivity contribution in [2.24, 2.45) is 13.0 Å². The summed E-state index contributed by atoms with van der Waals surface area (Å²) in [6, 6.07) is 10.5. The lowest BCUT2D eigenvalue weighted by atomic mass is 10.0. The third kappa shape index (κ3) is 11.4. The number of hydrogen-bond acceptors (Lipinski definition) is 8. The topological polar surface area (TPSA) is 167 Å². The molecule has 5 N–H and O–H groups in total. The van der Waals surface area contributed by atoms with Crippen LogP contribution in [0.2, 0.25) is 5.02 Å². The zero-order chi connectivity index (χ0) is 36.2. The van der Waals surface area contributed by atoms with Crippen LogP contribution in [-0.2, 0) is 39.2 Å². The van der Waals surface area contributed by atoms with Crippen LogP contribution in [0.1, 0.15) is 57.7 Å². The number of amides is 4. The molecule has 2 heterocycles. The molecule has 50 heavy (non-hydrogen) atoms. The van der Waals surface area contributed by atoms with Crippen LogP contribution in [0.4, 0.5) is 0 Å². The second-order valence-corrected chi connectivity index (χ2v) is 13.7. The highest BCUT2D eigenvalue weighted by atomic mass is 35.5. The predicted molar refractivity (Wildman–Crippen MR) is 192 cm³/mol. The van der Waals surface area contributed by atoms with Crippen molar-refractivity contribution in [1.82, 2.24) is 35.9 Å². The van der Waals surface area contributed by atoms with E-state index in [0.29, 0.717) is 68.3 Å². The van der Waals surface area contributed by atoms with Crippen LogP contribution in [0.25, 0.3) is 10.9 Å². The molecule has 3 atom stereocenters. The quantitative estimate of drug-likeness (QED) is 0.269. The van der Waals surface area contributed by atoms with Crippen molar-refractivity contribution in [2.75, 3.05) is 32.8 Å². The zero-order valence-corrected chi connectivity index (χ0v) is 30.1. The number of aryl methyl sites for hydroxylation is 1. The van der Waals surface area contributed by atoms with E-state index in [-0.39, 0.29) is 30.8 Å². The van der Waals surface area contributed by atoms with Gasteiger partial charge in [-0.05, 0) is 74.9 Å². The lowest BCUT2D eigenvalue weighted by Crippen LogP contribution is -2.57. The number of fused-ring (bicyclic) bond motifs is 3. The van der Waals surface area contributed by atoms with Gasteiger partial charge in [-0.3, -0.25) is 28.8 Å². The maximum atomic E-state index is 13.4. The molecule has 14 heteroatoms. The zero-order valence-electron chi connectivity index (χ0n) is 29.3. The van der Waals surface area contributed by atoms with Crippen LogP contribution in [0, 0.1) is 5.92 Å². The van der Waals surface area contributed by atoms with Gasteiger partial charge >= 0.3 is 0 Å². The van der Waals surface area contributed by atoms with Crippen LogP contribution in [0.5, 0.6) is 5.75 Å². The summed E-state index contributed by atoms with van der Waals surface area (Å²) >= 11 is 6.58. The van der Waals surface area contributed by atoms with Gasteiger partial charge in [-0.15, -0.1) is 0 Å². The standard InChI is InChI=1S/C36H50ClN7O6/c1-23(2)18-28-35(48)41-34(24(3)45)36(49)39-14-5-6-16-44(21-29-33-27(37)12-8-13-30(33)43(4)42-29)17-9-15-38-32(47)22-50-26-11-7-10-25(19-26)20-31(46)40-28/h7-8,10-13,19,23-24,28,34,45H,5-6,9,14-18,20-22H2,1-4H3,(H,38,47)(H,39,49)(H,40,46)(H,41,48)/t24-,28-,34+/m1/s1.